The number of anilines is 1. The van der Waals surface area contributed by atoms with Crippen LogP contribution in [0.15, 0.2) is 66.0 Å². The van der Waals surface area contributed by atoms with E-state index in [1.54, 1.807) is 11.3 Å². The molecule has 0 bridgehead atoms. The highest BCUT2D eigenvalue weighted by Gasteiger charge is 2.10. The highest BCUT2D eigenvalue weighted by molar-refractivity contribution is 7.13. The highest BCUT2D eigenvalue weighted by atomic mass is 32.1. The molecule has 0 spiro atoms. The summed E-state index contributed by atoms with van der Waals surface area (Å²) in [6.45, 7) is 8.14. The Kier molecular flexibility index (Phi) is 6.37. The average Bonchev–Trinajstić information content (AvgIpc) is 3.26. The first-order valence-corrected chi connectivity index (χ1v) is 11.4. The van der Waals surface area contributed by atoms with Crippen LogP contribution in [0.3, 0.4) is 0 Å². The molecule has 1 N–H and O–H groups in total. The Morgan fingerprint density at radius 3 is 2.47 bits per heavy atom. The van der Waals surface area contributed by atoms with E-state index in [1.807, 2.05) is 63.2 Å². The van der Waals surface area contributed by atoms with Gasteiger partial charge in [-0.15, -0.1) is 11.3 Å². The molecule has 1 heterocycles. The van der Waals surface area contributed by atoms with Crippen molar-refractivity contribution in [2.75, 3.05) is 11.9 Å². The van der Waals surface area contributed by atoms with Crippen molar-refractivity contribution < 1.29 is 9.53 Å². The molecule has 0 fully saturated rings. The van der Waals surface area contributed by atoms with Gasteiger partial charge in [0.25, 0.3) is 5.91 Å². The van der Waals surface area contributed by atoms with Gasteiger partial charge in [-0.25, -0.2) is 4.98 Å². The summed E-state index contributed by atoms with van der Waals surface area (Å²) in [5.41, 5.74) is 8.38. The number of aromatic nitrogens is 1. The standard InChI is InChI=1S/C27H26N2O2S/c1-17-13-19(3)20(4)25(14-17)31-15-26(30)28-22-11-9-21(10-12-22)24-16-32-27(29-24)23-8-6-5-7-18(23)2/h5-14,16H,15H2,1-4H3,(H,28,30). The van der Waals surface area contributed by atoms with E-state index in [1.165, 1.54) is 5.56 Å². The molecule has 4 rings (SSSR count). The number of amides is 1. The van der Waals surface area contributed by atoms with Gasteiger partial charge in [-0.3, -0.25) is 4.79 Å². The second-order valence-electron chi connectivity index (χ2n) is 7.97. The fourth-order valence-electron chi connectivity index (χ4n) is 3.56. The van der Waals surface area contributed by atoms with E-state index in [9.17, 15) is 4.79 Å². The van der Waals surface area contributed by atoms with Gasteiger partial charge < -0.3 is 10.1 Å². The summed E-state index contributed by atoms with van der Waals surface area (Å²) in [5, 5.41) is 5.97. The van der Waals surface area contributed by atoms with Gasteiger partial charge in [0, 0.05) is 22.2 Å². The summed E-state index contributed by atoms with van der Waals surface area (Å²) < 4.78 is 5.76. The zero-order valence-electron chi connectivity index (χ0n) is 18.7. The molecule has 32 heavy (non-hydrogen) atoms. The minimum Gasteiger partial charge on any atom is -0.483 e. The van der Waals surface area contributed by atoms with Gasteiger partial charge in [0.15, 0.2) is 6.61 Å². The molecule has 1 amide bonds. The molecule has 5 heteroatoms. The van der Waals surface area contributed by atoms with Gasteiger partial charge in [-0.2, -0.15) is 0 Å². The zero-order valence-corrected chi connectivity index (χ0v) is 19.5. The maximum Gasteiger partial charge on any atom is 0.262 e. The number of aryl methyl sites for hydroxylation is 3. The number of benzene rings is 3. The highest BCUT2D eigenvalue weighted by Crippen LogP contribution is 2.31. The van der Waals surface area contributed by atoms with Crippen LogP contribution in [0, 0.1) is 27.7 Å². The molecule has 0 radical (unpaired) electrons. The van der Waals surface area contributed by atoms with Crippen molar-refractivity contribution in [2.24, 2.45) is 0 Å². The Morgan fingerprint density at radius 2 is 1.72 bits per heavy atom. The fourth-order valence-corrected chi connectivity index (χ4v) is 4.48. The molecular weight excluding hydrogens is 416 g/mol. The van der Waals surface area contributed by atoms with E-state index < -0.39 is 0 Å². The maximum absolute atomic E-state index is 12.4. The van der Waals surface area contributed by atoms with Crippen molar-refractivity contribution in [3.05, 3.63) is 88.3 Å². The van der Waals surface area contributed by atoms with Crippen molar-refractivity contribution in [1.82, 2.24) is 4.98 Å². The number of ether oxygens (including phenoxy) is 1. The smallest absolute Gasteiger partial charge is 0.262 e. The largest absolute Gasteiger partial charge is 0.483 e. The summed E-state index contributed by atoms with van der Waals surface area (Å²) in [6, 6.07) is 20.1. The van der Waals surface area contributed by atoms with Crippen molar-refractivity contribution in [2.45, 2.75) is 27.7 Å². The maximum atomic E-state index is 12.4. The van der Waals surface area contributed by atoms with Crippen molar-refractivity contribution in [1.29, 1.82) is 0 Å². The number of thiazole rings is 1. The Labute approximate surface area is 192 Å². The molecule has 0 aliphatic carbocycles. The number of nitrogens with zero attached hydrogens (tertiary/aromatic N) is 1. The summed E-state index contributed by atoms with van der Waals surface area (Å²) in [6.07, 6.45) is 0. The third-order valence-corrected chi connectivity index (χ3v) is 6.34. The van der Waals surface area contributed by atoms with Gasteiger partial charge in [-0.1, -0.05) is 42.5 Å². The lowest BCUT2D eigenvalue weighted by atomic mass is 10.1. The first-order valence-electron chi connectivity index (χ1n) is 10.5. The van der Waals surface area contributed by atoms with Gasteiger partial charge in [0.05, 0.1) is 5.69 Å². The van der Waals surface area contributed by atoms with E-state index >= 15 is 0 Å². The first-order chi connectivity index (χ1) is 15.4. The predicted molar refractivity (Wildman–Crippen MR) is 133 cm³/mol. The lowest BCUT2D eigenvalue weighted by molar-refractivity contribution is -0.118. The second-order valence-corrected chi connectivity index (χ2v) is 8.83. The number of rotatable bonds is 6. The molecule has 3 aromatic carbocycles. The Morgan fingerprint density at radius 1 is 0.969 bits per heavy atom. The van der Waals surface area contributed by atoms with E-state index in [0.29, 0.717) is 0 Å². The molecule has 0 unspecified atom stereocenters. The quantitative estimate of drug-likeness (QED) is 0.360. The first kappa shape index (κ1) is 21.8. The molecular formula is C27H26N2O2S. The van der Waals surface area contributed by atoms with Crippen LogP contribution in [0.25, 0.3) is 21.8 Å². The normalized spacial score (nSPS) is 10.8. The third kappa shape index (κ3) is 4.89. The molecule has 1 aromatic heterocycles. The van der Waals surface area contributed by atoms with Crippen LogP contribution in [0.2, 0.25) is 0 Å². The Balaban J connectivity index is 1.39. The van der Waals surface area contributed by atoms with Crippen LogP contribution < -0.4 is 10.1 Å². The van der Waals surface area contributed by atoms with E-state index in [0.717, 1.165) is 50.0 Å². The number of carbonyl (C=O) groups is 1. The second kappa shape index (κ2) is 9.37. The summed E-state index contributed by atoms with van der Waals surface area (Å²) in [7, 11) is 0. The molecule has 162 valence electrons. The lowest BCUT2D eigenvalue weighted by Crippen LogP contribution is -2.20. The van der Waals surface area contributed by atoms with Crippen LogP contribution in [-0.2, 0) is 4.79 Å². The molecule has 0 saturated heterocycles. The number of carbonyl (C=O) groups excluding carboxylic acids is 1. The van der Waals surface area contributed by atoms with Crippen molar-refractivity contribution >= 4 is 22.9 Å². The van der Waals surface area contributed by atoms with Crippen LogP contribution in [0.1, 0.15) is 22.3 Å². The predicted octanol–water partition coefficient (Wildman–Crippen LogP) is 6.73. The molecule has 4 nitrogen and oxygen atoms in total. The average molecular weight is 443 g/mol. The molecule has 0 aliphatic rings. The minimum absolute atomic E-state index is 0.0304. The van der Waals surface area contributed by atoms with Crippen LogP contribution >= 0.6 is 11.3 Å². The van der Waals surface area contributed by atoms with Crippen molar-refractivity contribution in [3.63, 3.8) is 0 Å². The van der Waals surface area contributed by atoms with Gasteiger partial charge >= 0.3 is 0 Å². The Hall–Kier alpha value is -3.44. The molecule has 0 atom stereocenters. The number of hydrogen-bond acceptors (Lipinski definition) is 4. The lowest BCUT2D eigenvalue weighted by Gasteiger charge is -2.12. The molecule has 0 saturated carbocycles. The fraction of sp³-hybridized carbons (Fsp3) is 0.185. The minimum atomic E-state index is -0.188. The molecule has 0 aliphatic heterocycles. The summed E-state index contributed by atoms with van der Waals surface area (Å²) in [5.74, 6) is 0.563. The Bertz CT molecular complexity index is 1260. The van der Waals surface area contributed by atoms with Gasteiger partial charge in [-0.05, 0) is 68.1 Å². The van der Waals surface area contributed by atoms with Crippen LogP contribution in [-0.4, -0.2) is 17.5 Å². The van der Waals surface area contributed by atoms with E-state index in [2.05, 4.69) is 35.8 Å². The summed E-state index contributed by atoms with van der Waals surface area (Å²) >= 11 is 1.64. The number of nitrogens with one attached hydrogen (secondary N) is 1. The molecule has 4 aromatic rings. The zero-order chi connectivity index (χ0) is 22.7. The van der Waals surface area contributed by atoms with Gasteiger partial charge in [0.1, 0.15) is 10.8 Å². The van der Waals surface area contributed by atoms with Crippen LogP contribution in [0.4, 0.5) is 5.69 Å². The third-order valence-electron chi connectivity index (χ3n) is 5.47. The number of hydrogen-bond donors (Lipinski definition) is 1. The van der Waals surface area contributed by atoms with E-state index in [4.69, 9.17) is 9.72 Å². The summed E-state index contributed by atoms with van der Waals surface area (Å²) in [4.78, 5) is 17.2. The van der Waals surface area contributed by atoms with Crippen molar-refractivity contribution in [3.8, 4) is 27.6 Å². The monoisotopic (exact) mass is 442 g/mol. The van der Waals surface area contributed by atoms with Crippen LogP contribution in [0.5, 0.6) is 5.75 Å². The topological polar surface area (TPSA) is 51.2 Å². The SMILES string of the molecule is Cc1cc(C)c(C)c(OCC(=O)Nc2ccc(-c3csc(-c4ccccc4C)n3)cc2)c1. The van der Waals surface area contributed by atoms with Gasteiger partial charge in [0.2, 0.25) is 0 Å². The van der Waals surface area contributed by atoms with E-state index in [-0.39, 0.29) is 12.5 Å².